The van der Waals surface area contributed by atoms with Gasteiger partial charge >= 0.3 is 6.18 Å². The van der Waals surface area contributed by atoms with Crippen LogP contribution in [0.2, 0.25) is 0 Å². The highest BCUT2D eigenvalue weighted by molar-refractivity contribution is 6.04. The van der Waals surface area contributed by atoms with Crippen molar-refractivity contribution in [2.45, 2.75) is 31.9 Å². The van der Waals surface area contributed by atoms with Crippen molar-refractivity contribution in [2.75, 3.05) is 32.6 Å². The number of nitrogens with zero attached hydrogens (tertiary/aromatic N) is 1. The van der Waals surface area contributed by atoms with Crippen molar-refractivity contribution in [3.05, 3.63) is 88.5 Å². The van der Waals surface area contributed by atoms with Crippen LogP contribution < -0.4 is 14.8 Å². The van der Waals surface area contributed by atoms with E-state index in [1.807, 2.05) is 24.0 Å². The molecule has 1 aliphatic heterocycles. The van der Waals surface area contributed by atoms with Crippen LogP contribution in [0.15, 0.2) is 60.7 Å². The zero-order chi connectivity index (χ0) is 27.4. The summed E-state index contributed by atoms with van der Waals surface area (Å²) in [7, 11) is 3.12. The summed E-state index contributed by atoms with van der Waals surface area (Å²) in [6.07, 6.45) is -2.96. The Morgan fingerprint density at radius 1 is 0.895 bits per heavy atom. The molecular formula is C29H29F3N2O4. The zero-order valence-electron chi connectivity index (χ0n) is 21.4. The number of benzene rings is 3. The van der Waals surface area contributed by atoms with Crippen molar-refractivity contribution >= 4 is 17.5 Å². The second-order valence-electron chi connectivity index (χ2n) is 9.23. The zero-order valence-corrected chi connectivity index (χ0v) is 21.4. The van der Waals surface area contributed by atoms with Gasteiger partial charge in [-0.2, -0.15) is 13.2 Å². The van der Waals surface area contributed by atoms with Crippen molar-refractivity contribution < 1.29 is 32.2 Å². The molecule has 2 amide bonds. The molecule has 9 heteroatoms. The van der Waals surface area contributed by atoms with E-state index in [1.165, 1.54) is 12.1 Å². The third-order valence-electron chi connectivity index (χ3n) is 6.87. The molecule has 0 aromatic heterocycles. The molecule has 3 aromatic rings. The van der Waals surface area contributed by atoms with Crippen LogP contribution in [0.25, 0.3) is 0 Å². The van der Waals surface area contributed by atoms with Crippen LogP contribution in [0.4, 0.5) is 18.9 Å². The highest BCUT2D eigenvalue weighted by Gasteiger charge is 2.31. The number of alkyl halides is 3. The van der Waals surface area contributed by atoms with Gasteiger partial charge in [-0.05, 0) is 73.7 Å². The van der Waals surface area contributed by atoms with Gasteiger partial charge in [-0.25, -0.2) is 0 Å². The Balaban J connectivity index is 1.36. The minimum absolute atomic E-state index is 0.0650. The van der Waals surface area contributed by atoms with Crippen molar-refractivity contribution in [2.24, 2.45) is 0 Å². The molecule has 0 bridgehead atoms. The quantitative estimate of drug-likeness (QED) is 0.409. The second-order valence-corrected chi connectivity index (χ2v) is 9.23. The molecule has 38 heavy (non-hydrogen) atoms. The smallest absolute Gasteiger partial charge is 0.416 e. The van der Waals surface area contributed by atoms with Crippen LogP contribution in [0, 0.1) is 6.92 Å². The van der Waals surface area contributed by atoms with Gasteiger partial charge in [0, 0.05) is 35.5 Å². The van der Waals surface area contributed by atoms with Crippen LogP contribution in [-0.4, -0.2) is 44.0 Å². The number of methoxy groups -OCH3 is 2. The Morgan fingerprint density at radius 3 is 2.05 bits per heavy atom. The van der Waals surface area contributed by atoms with Crippen LogP contribution in [-0.2, 0) is 6.18 Å². The monoisotopic (exact) mass is 526 g/mol. The fraction of sp³-hybridized carbons (Fsp3) is 0.310. The topological polar surface area (TPSA) is 67.9 Å². The third kappa shape index (κ3) is 5.93. The van der Waals surface area contributed by atoms with Gasteiger partial charge in [-0.3, -0.25) is 9.59 Å². The molecule has 0 atom stereocenters. The predicted molar refractivity (Wildman–Crippen MR) is 138 cm³/mol. The van der Waals surface area contributed by atoms with Crippen molar-refractivity contribution in [3.63, 3.8) is 0 Å². The maximum atomic E-state index is 13.1. The Kier molecular flexibility index (Phi) is 7.94. The van der Waals surface area contributed by atoms with Gasteiger partial charge in [-0.15, -0.1) is 0 Å². The van der Waals surface area contributed by atoms with Gasteiger partial charge in [0.2, 0.25) is 0 Å². The summed E-state index contributed by atoms with van der Waals surface area (Å²) in [5.41, 5.74) is 1.98. The SMILES string of the molecule is COc1cc(C(=O)N2CCC(c3ccc(NC(=O)c4cccc(C(F)(F)F)c4)cc3)CC2)cc(OC)c1C. The van der Waals surface area contributed by atoms with Gasteiger partial charge in [0.15, 0.2) is 0 Å². The molecule has 0 spiro atoms. The lowest BCUT2D eigenvalue weighted by Crippen LogP contribution is -2.38. The van der Waals surface area contributed by atoms with Gasteiger partial charge in [0.25, 0.3) is 11.8 Å². The minimum Gasteiger partial charge on any atom is -0.496 e. The van der Waals surface area contributed by atoms with Gasteiger partial charge in [0.1, 0.15) is 11.5 Å². The van der Waals surface area contributed by atoms with Crippen LogP contribution in [0.5, 0.6) is 11.5 Å². The number of ether oxygens (including phenoxy) is 2. The number of carbonyl (C=O) groups excluding carboxylic acids is 2. The average molecular weight is 527 g/mol. The van der Waals surface area contributed by atoms with E-state index >= 15 is 0 Å². The fourth-order valence-corrected chi connectivity index (χ4v) is 4.69. The summed E-state index contributed by atoms with van der Waals surface area (Å²) in [6, 6.07) is 15.1. The normalized spacial score (nSPS) is 14.2. The van der Waals surface area contributed by atoms with Crippen LogP contribution in [0.3, 0.4) is 0 Å². The number of anilines is 1. The molecule has 6 nitrogen and oxygen atoms in total. The van der Waals surface area contributed by atoms with E-state index in [4.69, 9.17) is 9.47 Å². The highest BCUT2D eigenvalue weighted by atomic mass is 19.4. The first kappa shape index (κ1) is 27.0. The number of hydrogen-bond donors (Lipinski definition) is 1. The number of amides is 2. The first-order valence-electron chi connectivity index (χ1n) is 12.2. The Labute approximate surface area is 219 Å². The first-order chi connectivity index (χ1) is 18.1. The maximum absolute atomic E-state index is 13.1. The number of rotatable bonds is 6. The van der Waals surface area contributed by atoms with E-state index in [-0.39, 0.29) is 17.4 Å². The van der Waals surface area contributed by atoms with Crippen LogP contribution >= 0.6 is 0 Å². The van der Waals surface area contributed by atoms with E-state index in [2.05, 4.69) is 5.32 Å². The van der Waals surface area contributed by atoms with Crippen molar-refractivity contribution in [3.8, 4) is 11.5 Å². The Bertz CT molecular complexity index is 1290. The first-order valence-corrected chi connectivity index (χ1v) is 12.2. The van der Waals surface area contributed by atoms with E-state index in [0.29, 0.717) is 35.8 Å². The maximum Gasteiger partial charge on any atom is 0.416 e. The number of carbonyl (C=O) groups is 2. The van der Waals surface area contributed by atoms with Gasteiger partial charge in [-0.1, -0.05) is 18.2 Å². The van der Waals surface area contributed by atoms with Crippen LogP contribution in [0.1, 0.15) is 56.2 Å². The van der Waals surface area contributed by atoms with Gasteiger partial charge < -0.3 is 19.7 Å². The summed E-state index contributed by atoms with van der Waals surface area (Å²) < 4.78 is 49.6. The molecule has 4 rings (SSSR count). The number of nitrogens with one attached hydrogen (secondary N) is 1. The van der Waals surface area contributed by atoms with E-state index in [0.717, 1.165) is 36.1 Å². The summed E-state index contributed by atoms with van der Waals surface area (Å²) in [5.74, 6) is 0.757. The molecule has 1 N–H and O–H groups in total. The molecule has 0 radical (unpaired) electrons. The summed E-state index contributed by atoms with van der Waals surface area (Å²) >= 11 is 0. The number of hydrogen-bond acceptors (Lipinski definition) is 4. The molecule has 0 unspecified atom stereocenters. The van der Waals surface area contributed by atoms with E-state index in [9.17, 15) is 22.8 Å². The number of halogens is 3. The molecule has 0 saturated carbocycles. The third-order valence-corrected chi connectivity index (χ3v) is 6.87. The standard InChI is InChI=1S/C29H29F3N2O4/c1-18-25(37-2)16-22(17-26(18)38-3)28(36)34-13-11-20(12-14-34)19-7-9-24(10-8-19)33-27(35)21-5-4-6-23(15-21)29(30,31)32/h4-10,15-17,20H,11-14H2,1-3H3,(H,33,35). The highest BCUT2D eigenvalue weighted by Crippen LogP contribution is 2.33. The second kappa shape index (κ2) is 11.2. The summed E-state index contributed by atoms with van der Waals surface area (Å²) in [5, 5.41) is 2.65. The van der Waals surface area contributed by atoms with E-state index in [1.54, 1.807) is 38.5 Å². The number of likely N-dealkylation sites (tertiary alicyclic amines) is 1. The molecule has 1 saturated heterocycles. The lowest BCUT2D eigenvalue weighted by Gasteiger charge is -2.32. The molecule has 1 fully saturated rings. The summed E-state index contributed by atoms with van der Waals surface area (Å²) in [4.78, 5) is 27.4. The Hall–Kier alpha value is -4.01. The molecule has 1 heterocycles. The molecule has 3 aromatic carbocycles. The number of piperidine rings is 1. The average Bonchev–Trinajstić information content (AvgIpc) is 2.93. The Morgan fingerprint density at radius 2 is 1.50 bits per heavy atom. The molecular weight excluding hydrogens is 497 g/mol. The lowest BCUT2D eigenvalue weighted by molar-refractivity contribution is -0.137. The van der Waals surface area contributed by atoms with Crippen molar-refractivity contribution in [1.82, 2.24) is 4.90 Å². The fourth-order valence-electron chi connectivity index (χ4n) is 4.69. The van der Waals surface area contributed by atoms with E-state index < -0.39 is 17.6 Å². The lowest BCUT2D eigenvalue weighted by atomic mass is 9.89. The molecule has 1 aliphatic rings. The molecule has 0 aliphatic carbocycles. The largest absolute Gasteiger partial charge is 0.496 e. The van der Waals surface area contributed by atoms with Gasteiger partial charge in [0.05, 0.1) is 19.8 Å². The minimum atomic E-state index is -4.52. The molecule has 200 valence electrons. The summed E-state index contributed by atoms with van der Waals surface area (Å²) in [6.45, 7) is 3.06. The van der Waals surface area contributed by atoms with Crippen molar-refractivity contribution in [1.29, 1.82) is 0 Å². The predicted octanol–water partition coefficient (Wildman–Crippen LogP) is 6.30.